The second-order valence-corrected chi connectivity index (χ2v) is 5.00. The lowest BCUT2D eigenvalue weighted by Gasteiger charge is -2.28. The highest BCUT2D eigenvalue weighted by molar-refractivity contribution is 7.98. The van der Waals surface area contributed by atoms with Gasteiger partial charge in [-0.1, -0.05) is 0 Å². The second-order valence-electron chi connectivity index (χ2n) is 4.17. The van der Waals surface area contributed by atoms with Crippen LogP contribution in [-0.4, -0.2) is 35.9 Å². The third-order valence-corrected chi connectivity index (χ3v) is 3.74. The van der Waals surface area contributed by atoms with Crippen LogP contribution in [0.15, 0.2) is 17.4 Å². The number of anilines is 1. The van der Waals surface area contributed by atoms with Gasteiger partial charge in [0.2, 0.25) is 0 Å². The predicted octanol–water partition coefficient (Wildman–Crippen LogP) is 1.37. The fraction of sp³-hybridized carbons (Fsp3) is 0.636. The number of rotatable bonds is 5. The van der Waals surface area contributed by atoms with Gasteiger partial charge in [-0.3, -0.25) is 0 Å². The largest absolute Gasteiger partial charge is 0.355 e. The van der Waals surface area contributed by atoms with Crippen LogP contribution in [0.2, 0.25) is 0 Å². The van der Waals surface area contributed by atoms with E-state index in [2.05, 4.69) is 21.9 Å². The van der Waals surface area contributed by atoms with E-state index < -0.39 is 0 Å². The second kappa shape index (κ2) is 5.01. The summed E-state index contributed by atoms with van der Waals surface area (Å²) in [5.74, 6) is 1.73. The molecule has 0 bridgehead atoms. The van der Waals surface area contributed by atoms with E-state index in [1.54, 1.807) is 18.1 Å². The maximum absolute atomic E-state index is 5.83. The molecule has 1 aromatic rings. The Balaban J connectivity index is 2.14. The highest BCUT2D eigenvalue weighted by atomic mass is 32.2. The lowest BCUT2D eigenvalue weighted by atomic mass is 10.1. The molecule has 1 saturated carbocycles. The maximum atomic E-state index is 5.83. The zero-order valence-electron chi connectivity index (χ0n) is 9.76. The number of hydrogen-bond donors (Lipinski definition) is 1. The molecule has 0 radical (unpaired) electrons. The van der Waals surface area contributed by atoms with E-state index in [1.807, 2.05) is 12.3 Å². The summed E-state index contributed by atoms with van der Waals surface area (Å²) in [6.07, 6.45) is 6.24. The Morgan fingerprint density at radius 1 is 1.56 bits per heavy atom. The monoisotopic (exact) mass is 238 g/mol. The van der Waals surface area contributed by atoms with Crippen molar-refractivity contribution in [2.24, 2.45) is 11.7 Å². The summed E-state index contributed by atoms with van der Waals surface area (Å²) in [7, 11) is 2.07. The molecule has 2 rings (SSSR count). The molecule has 0 aliphatic heterocycles. The smallest absolute Gasteiger partial charge is 0.133 e. The summed E-state index contributed by atoms with van der Waals surface area (Å²) in [6, 6.07) is 2.44. The summed E-state index contributed by atoms with van der Waals surface area (Å²) in [6.45, 7) is 0.694. The van der Waals surface area contributed by atoms with Gasteiger partial charge >= 0.3 is 0 Å². The third kappa shape index (κ3) is 2.47. The van der Waals surface area contributed by atoms with Crippen molar-refractivity contribution in [2.75, 3.05) is 24.7 Å². The van der Waals surface area contributed by atoms with Crippen LogP contribution < -0.4 is 10.6 Å². The molecule has 2 N–H and O–H groups in total. The minimum absolute atomic E-state index is 0.421. The van der Waals surface area contributed by atoms with Crippen molar-refractivity contribution < 1.29 is 0 Å². The number of likely N-dealkylation sites (N-methyl/N-ethyl adjacent to an activating group) is 1. The normalized spacial score (nSPS) is 17.2. The van der Waals surface area contributed by atoms with Gasteiger partial charge in [-0.15, -0.1) is 11.8 Å². The first-order valence-electron chi connectivity index (χ1n) is 5.55. The Labute approximate surface area is 101 Å². The van der Waals surface area contributed by atoms with E-state index in [9.17, 15) is 0 Å². The molecular formula is C11H18N4S. The minimum atomic E-state index is 0.421. The Bertz CT molecular complexity index is 354. The van der Waals surface area contributed by atoms with Gasteiger partial charge in [0.25, 0.3) is 0 Å². The van der Waals surface area contributed by atoms with Crippen molar-refractivity contribution in [1.29, 1.82) is 0 Å². The highest BCUT2D eigenvalue weighted by Gasteiger charge is 2.33. The molecule has 0 amide bonds. The van der Waals surface area contributed by atoms with E-state index in [-0.39, 0.29) is 0 Å². The van der Waals surface area contributed by atoms with Crippen molar-refractivity contribution in [3.8, 4) is 0 Å². The van der Waals surface area contributed by atoms with Crippen molar-refractivity contribution in [1.82, 2.24) is 9.97 Å². The first-order valence-corrected chi connectivity index (χ1v) is 6.77. The lowest BCUT2D eigenvalue weighted by molar-refractivity contribution is 0.565. The van der Waals surface area contributed by atoms with Gasteiger partial charge in [0.1, 0.15) is 17.2 Å². The molecule has 16 heavy (non-hydrogen) atoms. The molecule has 0 saturated heterocycles. The van der Waals surface area contributed by atoms with Crippen LogP contribution in [0.3, 0.4) is 0 Å². The van der Waals surface area contributed by atoms with Crippen LogP contribution >= 0.6 is 11.8 Å². The van der Waals surface area contributed by atoms with Crippen LogP contribution in [0.25, 0.3) is 0 Å². The molecule has 1 aliphatic carbocycles. The van der Waals surface area contributed by atoms with E-state index in [0.29, 0.717) is 12.6 Å². The van der Waals surface area contributed by atoms with Crippen LogP contribution in [0.5, 0.6) is 0 Å². The molecule has 1 atom stereocenters. The van der Waals surface area contributed by atoms with Crippen molar-refractivity contribution in [2.45, 2.75) is 23.9 Å². The predicted molar refractivity (Wildman–Crippen MR) is 67.8 cm³/mol. The first kappa shape index (κ1) is 11.7. The zero-order valence-corrected chi connectivity index (χ0v) is 10.6. The topological polar surface area (TPSA) is 55.0 Å². The average molecular weight is 238 g/mol. The Hall–Kier alpha value is -0.810. The molecule has 1 fully saturated rings. The molecule has 0 spiro atoms. The molecule has 1 unspecified atom stereocenters. The Morgan fingerprint density at radius 3 is 2.88 bits per heavy atom. The number of thioether (sulfide) groups is 1. The number of nitrogens with two attached hydrogens (primary N) is 1. The quantitative estimate of drug-likeness (QED) is 0.620. The number of nitrogens with zero attached hydrogens (tertiary/aromatic N) is 3. The van der Waals surface area contributed by atoms with Crippen LogP contribution in [0.1, 0.15) is 12.8 Å². The molecule has 1 aliphatic rings. The number of hydrogen-bond acceptors (Lipinski definition) is 5. The third-order valence-electron chi connectivity index (χ3n) is 3.10. The molecule has 1 heterocycles. The van der Waals surface area contributed by atoms with Gasteiger partial charge in [0, 0.05) is 25.7 Å². The first-order chi connectivity index (χ1) is 7.76. The highest BCUT2D eigenvalue weighted by Crippen LogP contribution is 2.35. The van der Waals surface area contributed by atoms with Gasteiger partial charge < -0.3 is 10.6 Å². The van der Waals surface area contributed by atoms with Crippen molar-refractivity contribution in [3.63, 3.8) is 0 Å². The van der Waals surface area contributed by atoms with Gasteiger partial charge in [0.05, 0.1) is 0 Å². The summed E-state index contributed by atoms with van der Waals surface area (Å²) >= 11 is 1.63. The molecule has 1 aromatic heterocycles. The Kier molecular flexibility index (Phi) is 3.66. The van der Waals surface area contributed by atoms with Gasteiger partial charge in [-0.25, -0.2) is 9.97 Å². The van der Waals surface area contributed by atoms with E-state index in [1.165, 1.54) is 12.8 Å². The van der Waals surface area contributed by atoms with Crippen molar-refractivity contribution >= 4 is 17.6 Å². The number of aromatic nitrogens is 2. The summed E-state index contributed by atoms with van der Waals surface area (Å²) in [5, 5.41) is 1.00. The molecule has 5 heteroatoms. The van der Waals surface area contributed by atoms with Gasteiger partial charge in [-0.2, -0.15) is 0 Å². The average Bonchev–Trinajstić information content (AvgIpc) is 3.14. The Morgan fingerprint density at radius 2 is 2.31 bits per heavy atom. The molecular weight excluding hydrogens is 220 g/mol. The standard InChI is InChI=1S/C11H18N4S/c1-15(9(6-12)8-3-4-8)10-5-11(16-2)14-7-13-10/h5,7-9H,3-4,6,12H2,1-2H3. The summed E-state index contributed by atoms with van der Waals surface area (Å²) in [4.78, 5) is 10.7. The van der Waals surface area contributed by atoms with Crippen LogP contribution in [0, 0.1) is 5.92 Å². The van der Waals surface area contributed by atoms with Gasteiger partial charge in [0.15, 0.2) is 0 Å². The maximum Gasteiger partial charge on any atom is 0.133 e. The molecule has 0 aromatic carbocycles. The van der Waals surface area contributed by atoms with Gasteiger partial charge in [-0.05, 0) is 25.0 Å². The minimum Gasteiger partial charge on any atom is -0.355 e. The summed E-state index contributed by atoms with van der Waals surface area (Å²) in [5.41, 5.74) is 5.83. The fourth-order valence-corrected chi connectivity index (χ4v) is 2.33. The zero-order chi connectivity index (χ0) is 11.5. The molecule has 88 valence electrons. The van der Waals surface area contributed by atoms with Crippen LogP contribution in [-0.2, 0) is 0 Å². The van der Waals surface area contributed by atoms with Crippen molar-refractivity contribution in [3.05, 3.63) is 12.4 Å². The lowest BCUT2D eigenvalue weighted by Crippen LogP contribution is -2.40. The molecule has 4 nitrogen and oxygen atoms in total. The van der Waals surface area contributed by atoms with Crippen LogP contribution in [0.4, 0.5) is 5.82 Å². The van der Waals surface area contributed by atoms with E-state index in [4.69, 9.17) is 5.73 Å². The van der Waals surface area contributed by atoms with E-state index in [0.717, 1.165) is 16.8 Å². The van der Waals surface area contributed by atoms with E-state index >= 15 is 0 Å². The summed E-state index contributed by atoms with van der Waals surface area (Å²) < 4.78 is 0. The SMILES string of the molecule is CSc1cc(N(C)C(CN)C2CC2)ncn1. The fourth-order valence-electron chi connectivity index (χ4n) is 1.95.